The zero-order chi connectivity index (χ0) is 21.9. The van der Waals surface area contributed by atoms with E-state index < -0.39 is 34.0 Å². The van der Waals surface area contributed by atoms with Crippen molar-refractivity contribution in [2.24, 2.45) is 5.92 Å². The normalized spacial score (nSPS) is 18.1. The number of anilines is 1. The lowest BCUT2D eigenvalue weighted by molar-refractivity contribution is -0.274. The first-order valence-electron chi connectivity index (χ1n) is 8.97. The number of nitrogens with zero attached hydrogens (tertiary/aromatic N) is 1. The number of piperidine rings is 1. The molecule has 0 bridgehead atoms. The quantitative estimate of drug-likeness (QED) is 0.719. The summed E-state index contributed by atoms with van der Waals surface area (Å²) in [5.74, 6) is -1.40. The molecule has 6 nitrogen and oxygen atoms in total. The van der Waals surface area contributed by atoms with Crippen molar-refractivity contribution >= 4 is 33.2 Å². The predicted octanol–water partition coefficient (Wildman–Crippen LogP) is 4.28. The minimum atomic E-state index is -4.80. The van der Waals surface area contributed by atoms with E-state index in [4.69, 9.17) is 11.6 Å². The maximum absolute atomic E-state index is 12.8. The molecule has 1 saturated heterocycles. The van der Waals surface area contributed by atoms with Crippen LogP contribution in [0.25, 0.3) is 0 Å². The van der Waals surface area contributed by atoms with E-state index in [9.17, 15) is 26.4 Å². The first-order valence-corrected chi connectivity index (χ1v) is 10.8. The zero-order valence-electron chi connectivity index (χ0n) is 15.5. The van der Waals surface area contributed by atoms with Crippen molar-refractivity contribution in [1.29, 1.82) is 0 Å². The number of sulfonamides is 1. The molecule has 2 aromatic rings. The van der Waals surface area contributed by atoms with E-state index in [1.54, 1.807) is 0 Å². The average Bonchev–Trinajstić information content (AvgIpc) is 2.69. The first-order chi connectivity index (χ1) is 14.0. The number of hydrogen-bond acceptors (Lipinski definition) is 4. The molecule has 1 atom stereocenters. The molecule has 1 fully saturated rings. The number of benzene rings is 2. The van der Waals surface area contributed by atoms with E-state index in [0.717, 1.165) is 12.1 Å². The molecule has 162 valence electrons. The van der Waals surface area contributed by atoms with Crippen LogP contribution in [0.1, 0.15) is 12.8 Å². The summed E-state index contributed by atoms with van der Waals surface area (Å²) in [5, 5.41) is 3.02. The highest BCUT2D eigenvalue weighted by Crippen LogP contribution is 2.27. The van der Waals surface area contributed by atoms with Crippen LogP contribution in [0, 0.1) is 5.92 Å². The Morgan fingerprint density at radius 1 is 1.10 bits per heavy atom. The minimum Gasteiger partial charge on any atom is -0.406 e. The number of nitrogens with one attached hydrogen (secondary N) is 1. The number of alkyl halides is 3. The highest BCUT2D eigenvalue weighted by atomic mass is 35.5. The van der Waals surface area contributed by atoms with Crippen LogP contribution in [-0.2, 0) is 14.8 Å². The van der Waals surface area contributed by atoms with E-state index in [1.165, 1.54) is 40.7 Å². The van der Waals surface area contributed by atoms with Gasteiger partial charge in [-0.2, -0.15) is 4.31 Å². The maximum atomic E-state index is 12.8. The average molecular weight is 463 g/mol. The molecule has 11 heteroatoms. The van der Waals surface area contributed by atoms with Crippen molar-refractivity contribution in [3.05, 3.63) is 53.6 Å². The van der Waals surface area contributed by atoms with Gasteiger partial charge in [0.05, 0.1) is 10.8 Å². The van der Waals surface area contributed by atoms with Gasteiger partial charge in [0, 0.05) is 23.8 Å². The molecular formula is C19H18ClF3N2O4S. The lowest BCUT2D eigenvalue weighted by atomic mass is 9.99. The van der Waals surface area contributed by atoms with Gasteiger partial charge in [-0.15, -0.1) is 13.2 Å². The van der Waals surface area contributed by atoms with Gasteiger partial charge in [-0.05, 0) is 61.4 Å². The van der Waals surface area contributed by atoms with Crippen LogP contribution >= 0.6 is 11.6 Å². The van der Waals surface area contributed by atoms with E-state index in [2.05, 4.69) is 10.1 Å². The summed E-state index contributed by atoms with van der Waals surface area (Å²) in [6, 6.07) is 10.5. The van der Waals surface area contributed by atoms with Crippen LogP contribution in [-0.4, -0.2) is 38.1 Å². The van der Waals surface area contributed by atoms with Crippen LogP contribution in [0.2, 0.25) is 5.02 Å². The number of ether oxygens (including phenoxy) is 1. The van der Waals surface area contributed by atoms with Gasteiger partial charge in [0.2, 0.25) is 15.9 Å². The van der Waals surface area contributed by atoms with Crippen molar-refractivity contribution in [1.82, 2.24) is 4.31 Å². The monoisotopic (exact) mass is 462 g/mol. The highest BCUT2D eigenvalue weighted by Gasteiger charge is 2.33. The third-order valence-corrected chi connectivity index (χ3v) is 6.69. The topological polar surface area (TPSA) is 75.7 Å². The lowest BCUT2D eigenvalue weighted by Gasteiger charge is -2.31. The van der Waals surface area contributed by atoms with Gasteiger partial charge in [0.25, 0.3) is 0 Å². The Balaban J connectivity index is 1.65. The molecule has 1 aliphatic heterocycles. The Hall–Kier alpha value is -2.30. The van der Waals surface area contributed by atoms with Crippen molar-refractivity contribution in [2.75, 3.05) is 18.4 Å². The Morgan fingerprint density at radius 2 is 1.73 bits per heavy atom. The second-order valence-electron chi connectivity index (χ2n) is 6.72. The SMILES string of the molecule is O=C(Nc1ccc(OC(F)(F)F)cc1)C1CCCN(S(=O)(=O)c2ccc(Cl)cc2)C1. The smallest absolute Gasteiger partial charge is 0.406 e. The van der Waals surface area contributed by atoms with E-state index >= 15 is 0 Å². The molecule has 1 heterocycles. The van der Waals surface area contributed by atoms with Crippen LogP contribution in [0.15, 0.2) is 53.4 Å². The predicted molar refractivity (Wildman–Crippen MR) is 105 cm³/mol. The van der Waals surface area contributed by atoms with Crippen LogP contribution in [0.5, 0.6) is 5.75 Å². The van der Waals surface area contributed by atoms with E-state index in [-0.39, 0.29) is 23.7 Å². The fourth-order valence-electron chi connectivity index (χ4n) is 3.11. The number of carbonyl (C=O) groups excluding carboxylic acids is 1. The molecule has 3 rings (SSSR count). The second-order valence-corrected chi connectivity index (χ2v) is 9.09. The summed E-state index contributed by atoms with van der Waals surface area (Å²) >= 11 is 5.81. The Labute approximate surface area is 176 Å². The summed E-state index contributed by atoms with van der Waals surface area (Å²) in [4.78, 5) is 12.7. The summed E-state index contributed by atoms with van der Waals surface area (Å²) in [7, 11) is -3.77. The number of rotatable bonds is 5. The van der Waals surface area contributed by atoms with Crippen molar-refractivity contribution < 1.29 is 31.1 Å². The molecular weight excluding hydrogens is 445 g/mol. The summed E-state index contributed by atoms with van der Waals surface area (Å²) in [6.07, 6.45) is -3.80. The standard InChI is InChI=1S/C19H18ClF3N2O4S/c20-14-3-9-17(10-4-14)30(27,28)25-11-1-2-13(12-25)18(26)24-15-5-7-16(8-6-15)29-19(21,22)23/h3-10,13H,1-2,11-12H2,(H,24,26). The van der Waals surface area contributed by atoms with Gasteiger partial charge >= 0.3 is 6.36 Å². The van der Waals surface area contributed by atoms with Crippen molar-refractivity contribution in [3.63, 3.8) is 0 Å². The molecule has 1 N–H and O–H groups in total. The van der Waals surface area contributed by atoms with Gasteiger partial charge in [-0.25, -0.2) is 8.42 Å². The third kappa shape index (κ3) is 5.65. The number of carbonyl (C=O) groups is 1. The fourth-order valence-corrected chi connectivity index (χ4v) is 4.76. The Morgan fingerprint density at radius 3 is 2.33 bits per heavy atom. The number of halogens is 4. The minimum absolute atomic E-state index is 0.00601. The molecule has 0 spiro atoms. The molecule has 0 aliphatic carbocycles. The van der Waals surface area contributed by atoms with E-state index in [0.29, 0.717) is 17.9 Å². The van der Waals surface area contributed by atoms with Gasteiger partial charge in [-0.1, -0.05) is 11.6 Å². The van der Waals surface area contributed by atoms with Crippen LogP contribution < -0.4 is 10.1 Å². The molecule has 0 aromatic heterocycles. The molecule has 1 aliphatic rings. The third-order valence-electron chi connectivity index (χ3n) is 4.56. The van der Waals surface area contributed by atoms with Crippen molar-refractivity contribution in [3.8, 4) is 5.75 Å². The Kier molecular flexibility index (Phi) is 6.59. The molecule has 0 saturated carbocycles. The van der Waals surface area contributed by atoms with Gasteiger partial charge in [0.15, 0.2) is 0 Å². The largest absolute Gasteiger partial charge is 0.573 e. The van der Waals surface area contributed by atoms with Crippen LogP contribution in [0.3, 0.4) is 0 Å². The zero-order valence-corrected chi connectivity index (χ0v) is 17.1. The molecule has 2 aromatic carbocycles. The maximum Gasteiger partial charge on any atom is 0.573 e. The van der Waals surface area contributed by atoms with Crippen molar-refractivity contribution in [2.45, 2.75) is 24.1 Å². The molecule has 1 amide bonds. The first kappa shape index (κ1) is 22.4. The second kappa shape index (κ2) is 8.83. The number of hydrogen-bond donors (Lipinski definition) is 1. The fraction of sp³-hybridized carbons (Fsp3) is 0.316. The van der Waals surface area contributed by atoms with Gasteiger partial charge < -0.3 is 10.1 Å². The summed E-state index contributed by atoms with van der Waals surface area (Å²) in [6.45, 7) is 0.296. The lowest BCUT2D eigenvalue weighted by Crippen LogP contribution is -2.43. The summed E-state index contributed by atoms with van der Waals surface area (Å²) in [5.41, 5.74) is 0.284. The highest BCUT2D eigenvalue weighted by molar-refractivity contribution is 7.89. The molecule has 1 unspecified atom stereocenters. The van der Waals surface area contributed by atoms with Crippen LogP contribution in [0.4, 0.5) is 18.9 Å². The number of amides is 1. The molecule has 0 radical (unpaired) electrons. The summed E-state index contributed by atoms with van der Waals surface area (Å²) < 4.78 is 67.3. The van der Waals surface area contributed by atoms with E-state index in [1.807, 2.05) is 0 Å². The van der Waals surface area contributed by atoms with Gasteiger partial charge in [-0.3, -0.25) is 4.79 Å². The molecule has 30 heavy (non-hydrogen) atoms. The Bertz CT molecular complexity index is 996. The van der Waals surface area contributed by atoms with Gasteiger partial charge in [0.1, 0.15) is 5.75 Å².